The van der Waals surface area contributed by atoms with E-state index in [2.05, 4.69) is 45.6 Å². The molecule has 2 N–H and O–H groups in total. The van der Waals surface area contributed by atoms with Gasteiger partial charge in [0, 0.05) is 24.2 Å². The van der Waals surface area contributed by atoms with Gasteiger partial charge in [-0.25, -0.2) is 4.98 Å². The van der Waals surface area contributed by atoms with Crippen molar-refractivity contribution in [2.24, 2.45) is 0 Å². The maximum atomic E-state index is 4.58. The Labute approximate surface area is 107 Å². The van der Waals surface area contributed by atoms with Gasteiger partial charge in [-0.15, -0.1) is 0 Å². The Morgan fingerprint density at radius 2 is 2.28 bits per heavy atom. The van der Waals surface area contributed by atoms with Gasteiger partial charge in [-0.3, -0.25) is 5.10 Å². The normalized spacial score (nSPS) is 14.1. The highest BCUT2D eigenvalue weighted by Gasteiger charge is 2.16. The Morgan fingerprint density at radius 1 is 1.33 bits per heavy atom. The highest BCUT2D eigenvalue weighted by Crippen LogP contribution is 2.30. The molecule has 1 aliphatic heterocycles. The highest BCUT2D eigenvalue weighted by molar-refractivity contribution is 5.70. The predicted octanol–water partition coefficient (Wildman–Crippen LogP) is 2.78. The molecule has 0 atom stereocenters. The summed E-state index contributed by atoms with van der Waals surface area (Å²) in [5.41, 5.74) is 3.75. The number of fused-ring (bicyclic) bond motifs is 1. The first-order valence-electron chi connectivity index (χ1n) is 6.66. The second kappa shape index (κ2) is 4.80. The van der Waals surface area contributed by atoms with E-state index >= 15 is 0 Å². The molecular formula is C14H18N4. The Hall–Kier alpha value is -1.84. The van der Waals surface area contributed by atoms with E-state index < -0.39 is 0 Å². The summed E-state index contributed by atoms with van der Waals surface area (Å²) in [6, 6.07) is 6.32. The number of aryl methyl sites for hydroxylation is 1. The van der Waals surface area contributed by atoms with Crippen LogP contribution in [-0.2, 0) is 12.8 Å². The maximum absolute atomic E-state index is 4.58. The lowest BCUT2D eigenvalue weighted by Gasteiger charge is -2.19. The van der Waals surface area contributed by atoms with Gasteiger partial charge in [0.15, 0.2) is 5.82 Å². The zero-order valence-corrected chi connectivity index (χ0v) is 10.7. The molecule has 4 heteroatoms. The summed E-state index contributed by atoms with van der Waals surface area (Å²) >= 11 is 0. The lowest BCUT2D eigenvalue weighted by Crippen LogP contribution is -2.12. The summed E-state index contributed by atoms with van der Waals surface area (Å²) < 4.78 is 0. The van der Waals surface area contributed by atoms with E-state index in [1.54, 1.807) is 0 Å². The average molecular weight is 242 g/mol. The van der Waals surface area contributed by atoms with Gasteiger partial charge in [0.1, 0.15) is 5.82 Å². The van der Waals surface area contributed by atoms with Crippen molar-refractivity contribution in [1.29, 1.82) is 0 Å². The third-order valence-corrected chi connectivity index (χ3v) is 3.35. The number of H-pyrrole nitrogens is 1. The van der Waals surface area contributed by atoms with Gasteiger partial charge >= 0.3 is 0 Å². The van der Waals surface area contributed by atoms with E-state index in [4.69, 9.17) is 0 Å². The summed E-state index contributed by atoms with van der Waals surface area (Å²) in [6.45, 7) is 3.21. The minimum atomic E-state index is 0.832. The number of nitrogens with one attached hydrogen (secondary N) is 2. The van der Waals surface area contributed by atoms with Gasteiger partial charge in [-0.2, -0.15) is 5.10 Å². The van der Waals surface area contributed by atoms with E-state index in [9.17, 15) is 0 Å². The van der Waals surface area contributed by atoms with Crippen LogP contribution in [0.1, 0.15) is 31.2 Å². The first-order valence-corrected chi connectivity index (χ1v) is 6.66. The van der Waals surface area contributed by atoms with Crippen LogP contribution in [0, 0.1) is 0 Å². The molecule has 0 radical (unpaired) electrons. The smallest absolute Gasteiger partial charge is 0.181 e. The summed E-state index contributed by atoms with van der Waals surface area (Å²) in [6.07, 6.45) is 4.33. The lowest BCUT2D eigenvalue weighted by molar-refractivity contribution is 0.830. The van der Waals surface area contributed by atoms with E-state index in [-0.39, 0.29) is 0 Å². The molecule has 1 aromatic carbocycles. The van der Waals surface area contributed by atoms with Crippen molar-refractivity contribution in [3.05, 3.63) is 29.6 Å². The minimum Gasteiger partial charge on any atom is -0.385 e. The summed E-state index contributed by atoms with van der Waals surface area (Å²) in [7, 11) is 0. The maximum Gasteiger partial charge on any atom is 0.181 e. The van der Waals surface area contributed by atoms with Crippen LogP contribution in [0.4, 0.5) is 5.69 Å². The number of anilines is 1. The number of hydrogen-bond acceptors (Lipinski definition) is 3. The van der Waals surface area contributed by atoms with Gasteiger partial charge in [-0.1, -0.05) is 19.1 Å². The molecule has 0 fully saturated rings. The van der Waals surface area contributed by atoms with E-state index in [1.807, 2.05) is 0 Å². The fourth-order valence-electron chi connectivity index (χ4n) is 2.48. The fraction of sp³-hybridized carbons (Fsp3) is 0.429. The van der Waals surface area contributed by atoms with Crippen molar-refractivity contribution < 1.29 is 0 Å². The van der Waals surface area contributed by atoms with Crippen LogP contribution >= 0.6 is 0 Å². The molecule has 0 saturated carbocycles. The molecule has 0 saturated heterocycles. The van der Waals surface area contributed by atoms with Gasteiger partial charge in [0.05, 0.1) is 0 Å². The quantitative estimate of drug-likeness (QED) is 0.870. The first kappa shape index (κ1) is 11.3. The number of aromatic amines is 1. The molecule has 3 rings (SSSR count). The van der Waals surface area contributed by atoms with E-state index in [0.29, 0.717) is 0 Å². The van der Waals surface area contributed by atoms with Crippen molar-refractivity contribution in [3.8, 4) is 11.4 Å². The largest absolute Gasteiger partial charge is 0.385 e. The second-order valence-corrected chi connectivity index (χ2v) is 4.72. The number of benzene rings is 1. The number of rotatable bonds is 3. The van der Waals surface area contributed by atoms with Crippen LogP contribution in [0.25, 0.3) is 11.4 Å². The van der Waals surface area contributed by atoms with Crippen LogP contribution < -0.4 is 5.32 Å². The molecule has 1 aromatic heterocycles. The van der Waals surface area contributed by atoms with Gasteiger partial charge < -0.3 is 5.32 Å². The van der Waals surface area contributed by atoms with E-state index in [1.165, 1.54) is 23.2 Å². The van der Waals surface area contributed by atoms with Crippen LogP contribution in [0.15, 0.2) is 18.2 Å². The molecule has 0 unspecified atom stereocenters. The fourth-order valence-corrected chi connectivity index (χ4v) is 2.48. The first-order chi connectivity index (χ1) is 8.88. The number of hydrogen-bond donors (Lipinski definition) is 2. The highest BCUT2D eigenvalue weighted by atomic mass is 15.2. The van der Waals surface area contributed by atoms with Crippen molar-refractivity contribution in [2.75, 3.05) is 11.9 Å². The minimum absolute atomic E-state index is 0.832. The van der Waals surface area contributed by atoms with E-state index in [0.717, 1.165) is 37.5 Å². The van der Waals surface area contributed by atoms with Crippen molar-refractivity contribution in [2.45, 2.75) is 32.6 Å². The molecule has 0 spiro atoms. The summed E-state index contributed by atoms with van der Waals surface area (Å²) in [5, 5.41) is 10.8. The standard InChI is InChI=1S/C14H18N4/c1-2-5-13-16-14(18-17-13)11-6-3-8-12-10(11)7-4-9-15-12/h3,6,8,15H,2,4-5,7,9H2,1H3,(H,16,17,18). The molecule has 2 aromatic rings. The Bertz CT molecular complexity index is 544. The third kappa shape index (κ3) is 1.98. The monoisotopic (exact) mass is 242 g/mol. The Balaban J connectivity index is 2.00. The SMILES string of the molecule is CCCc1nc(-c2cccc3c2CCCN3)n[nH]1. The predicted molar refractivity (Wildman–Crippen MR) is 72.6 cm³/mol. The zero-order chi connectivity index (χ0) is 12.4. The Morgan fingerprint density at radius 3 is 3.17 bits per heavy atom. The second-order valence-electron chi connectivity index (χ2n) is 4.72. The van der Waals surface area contributed by atoms with Crippen LogP contribution in [0.5, 0.6) is 0 Å². The van der Waals surface area contributed by atoms with Crippen molar-refractivity contribution in [1.82, 2.24) is 15.2 Å². The van der Waals surface area contributed by atoms with Crippen LogP contribution in [0.2, 0.25) is 0 Å². The molecule has 1 aliphatic rings. The van der Waals surface area contributed by atoms with Crippen LogP contribution in [-0.4, -0.2) is 21.7 Å². The molecule has 0 bridgehead atoms. The Kier molecular flexibility index (Phi) is 3.00. The van der Waals surface area contributed by atoms with Gasteiger partial charge in [-0.05, 0) is 30.9 Å². The zero-order valence-electron chi connectivity index (χ0n) is 10.7. The molecule has 0 amide bonds. The molecule has 0 aliphatic carbocycles. The molecule has 2 heterocycles. The summed E-state index contributed by atoms with van der Waals surface area (Å²) in [5.74, 6) is 1.81. The average Bonchev–Trinajstić information content (AvgIpc) is 2.87. The van der Waals surface area contributed by atoms with Gasteiger partial charge in [0.2, 0.25) is 0 Å². The molecule has 18 heavy (non-hydrogen) atoms. The van der Waals surface area contributed by atoms with Crippen LogP contribution in [0.3, 0.4) is 0 Å². The van der Waals surface area contributed by atoms with Crippen molar-refractivity contribution in [3.63, 3.8) is 0 Å². The summed E-state index contributed by atoms with van der Waals surface area (Å²) in [4.78, 5) is 4.58. The lowest BCUT2D eigenvalue weighted by atomic mass is 9.97. The molecular weight excluding hydrogens is 224 g/mol. The number of nitrogens with zero attached hydrogens (tertiary/aromatic N) is 2. The molecule has 4 nitrogen and oxygen atoms in total. The topological polar surface area (TPSA) is 53.6 Å². The number of aromatic nitrogens is 3. The third-order valence-electron chi connectivity index (χ3n) is 3.35. The van der Waals surface area contributed by atoms with Crippen molar-refractivity contribution >= 4 is 5.69 Å². The molecule has 94 valence electrons. The van der Waals surface area contributed by atoms with Gasteiger partial charge in [0.25, 0.3) is 0 Å².